The Hall–Kier alpha value is -2.51. The van der Waals surface area contributed by atoms with Crippen LogP contribution in [0.5, 0.6) is 5.75 Å². The van der Waals surface area contributed by atoms with Gasteiger partial charge in [-0.25, -0.2) is 0 Å². The lowest BCUT2D eigenvalue weighted by Crippen LogP contribution is -2.15. The highest BCUT2D eigenvalue weighted by Crippen LogP contribution is 2.22. The van der Waals surface area contributed by atoms with Crippen molar-refractivity contribution in [3.05, 3.63) is 59.1 Å². The van der Waals surface area contributed by atoms with Gasteiger partial charge < -0.3 is 10.1 Å². The quantitative estimate of drug-likeness (QED) is 0.917. The maximum atomic E-state index is 11.8. The number of rotatable bonds is 5. The molecule has 0 spiro atoms. The van der Waals surface area contributed by atoms with Gasteiger partial charge in [-0.3, -0.25) is 4.79 Å². The Morgan fingerprint density at radius 1 is 1.24 bits per heavy atom. The van der Waals surface area contributed by atoms with E-state index < -0.39 is 0 Å². The van der Waals surface area contributed by atoms with Gasteiger partial charge in [-0.15, -0.1) is 0 Å². The number of halogens is 1. The van der Waals surface area contributed by atoms with Crippen molar-refractivity contribution in [3.63, 3.8) is 0 Å². The number of carbonyl (C=O) groups excluding carboxylic acids is 1. The molecule has 1 amide bonds. The molecule has 0 atom stereocenters. The molecule has 0 saturated heterocycles. The van der Waals surface area contributed by atoms with E-state index in [1.54, 1.807) is 12.1 Å². The molecular weight excluding hydrogens is 288 g/mol. The molecule has 0 fully saturated rings. The number of amides is 1. The second kappa shape index (κ2) is 7.32. The molecule has 4 nitrogen and oxygen atoms in total. The van der Waals surface area contributed by atoms with Crippen LogP contribution in [0.2, 0.25) is 5.02 Å². The number of nitrogens with zero attached hydrogens (tertiary/aromatic N) is 1. The van der Waals surface area contributed by atoms with E-state index >= 15 is 0 Å². The summed E-state index contributed by atoms with van der Waals surface area (Å²) in [6, 6.07) is 16.0. The first kappa shape index (κ1) is 14.9. The first-order chi connectivity index (χ1) is 10.2. The Morgan fingerprint density at radius 3 is 2.67 bits per heavy atom. The fourth-order valence-corrected chi connectivity index (χ4v) is 1.90. The first-order valence-electron chi connectivity index (χ1n) is 6.36. The van der Waals surface area contributed by atoms with E-state index in [4.69, 9.17) is 21.6 Å². The van der Waals surface area contributed by atoms with Gasteiger partial charge >= 0.3 is 0 Å². The molecule has 5 heteroatoms. The first-order valence-corrected chi connectivity index (χ1v) is 6.74. The van der Waals surface area contributed by atoms with E-state index in [2.05, 4.69) is 5.32 Å². The van der Waals surface area contributed by atoms with Crippen LogP contribution < -0.4 is 10.1 Å². The van der Waals surface area contributed by atoms with E-state index in [0.29, 0.717) is 16.3 Å². The highest BCUT2D eigenvalue weighted by atomic mass is 35.5. The van der Waals surface area contributed by atoms with Crippen molar-refractivity contribution >= 4 is 23.2 Å². The minimum absolute atomic E-state index is 0.197. The number of nitrogens with one attached hydrogen (secondary N) is 1. The zero-order chi connectivity index (χ0) is 15.1. The van der Waals surface area contributed by atoms with Crippen molar-refractivity contribution < 1.29 is 9.53 Å². The fraction of sp³-hybridized carbons (Fsp3) is 0.125. The molecule has 2 aromatic rings. The van der Waals surface area contributed by atoms with Crippen molar-refractivity contribution in [1.82, 2.24) is 0 Å². The number of para-hydroxylation sites is 1. The van der Waals surface area contributed by atoms with Crippen LogP contribution in [0.3, 0.4) is 0 Å². The summed E-state index contributed by atoms with van der Waals surface area (Å²) < 4.78 is 5.44. The van der Waals surface area contributed by atoms with E-state index in [9.17, 15) is 4.79 Å². The van der Waals surface area contributed by atoms with Crippen LogP contribution >= 0.6 is 11.6 Å². The van der Waals surface area contributed by atoms with Crippen LogP contribution in [0.4, 0.5) is 5.69 Å². The molecule has 0 radical (unpaired) electrons. The third-order valence-corrected chi connectivity index (χ3v) is 3.03. The van der Waals surface area contributed by atoms with Gasteiger partial charge in [0.25, 0.3) is 0 Å². The van der Waals surface area contributed by atoms with Crippen molar-refractivity contribution in [1.29, 1.82) is 5.26 Å². The lowest BCUT2D eigenvalue weighted by atomic mass is 10.2. The van der Waals surface area contributed by atoms with Gasteiger partial charge in [0.05, 0.1) is 35.4 Å². The number of hydrogen-bond donors (Lipinski definition) is 1. The van der Waals surface area contributed by atoms with Gasteiger partial charge in [-0.2, -0.15) is 5.26 Å². The average Bonchev–Trinajstić information content (AvgIpc) is 2.50. The number of hydrogen-bond acceptors (Lipinski definition) is 3. The number of nitriles is 1. The summed E-state index contributed by atoms with van der Waals surface area (Å²) in [4.78, 5) is 11.8. The molecule has 0 aromatic heterocycles. The summed E-state index contributed by atoms with van der Waals surface area (Å²) in [6.45, 7) is 0.281. The Kier molecular flexibility index (Phi) is 5.19. The molecule has 0 aliphatic rings. The maximum Gasteiger partial charge on any atom is 0.227 e. The van der Waals surface area contributed by atoms with E-state index in [-0.39, 0.29) is 18.9 Å². The second-order valence-electron chi connectivity index (χ2n) is 4.27. The third kappa shape index (κ3) is 4.51. The van der Waals surface area contributed by atoms with Crippen molar-refractivity contribution in [2.45, 2.75) is 6.42 Å². The molecule has 0 heterocycles. The minimum atomic E-state index is -0.197. The summed E-state index contributed by atoms with van der Waals surface area (Å²) in [6.07, 6.45) is 0.214. The average molecular weight is 301 g/mol. The molecular formula is C16H13ClN2O2. The lowest BCUT2D eigenvalue weighted by Gasteiger charge is -2.08. The largest absolute Gasteiger partial charge is 0.493 e. The van der Waals surface area contributed by atoms with Gasteiger partial charge in [0.1, 0.15) is 5.75 Å². The van der Waals surface area contributed by atoms with Crippen molar-refractivity contribution in [3.8, 4) is 11.8 Å². The van der Waals surface area contributed by atoms with Gasteiger partial charge in [0, 0.05) is 0 Å². The lowest BCUT2D eigenvalue weighted by molar-refractivity contribution is -0.116. The third-order valence-electron chi connectivity index (χ3n) is 2.71. The maximum absolute atomic E-state index is 11.8. The van der Waals surface area contributed by atoms with E-state index in [1.807, 2.05) is 36.4 Å². The molecule has 2 aromatic carbocycles. The van der Waals surface area contributed by atoms with Crippen LogP contribution in [-0.4, -0.2) is 12.5 Å². The van der Waals surface area contributed by atoms with Gasteiger partial charge in [0.2, 0.25) is 5.91 Å². The van der Waals surface area contributed by atoms with Crippen molar-refractivity contribution in [2.75, 3.05) is 11.9 Å². The fourth-order valence-electron chi connectivity index (χ4n) is 1.68. The highest BCUT2D eigenvalue weighted by molar-refractivity contribution is 6.33. The van der Waals surface area contributed by atoms with Crippen LogP contribution in [-0.2, 0) is 4.79 Å². The molecule has 1 N–H and O–H groups in total. The van der Waals surface area contributed by atoms with Crippen molar-refractivity contribution in [2.24, 2.45) is 0 Å². The number of benzene rings is 2. The molecule has 0 saturated carbocycles. The van der Waals surface area contributed by atoms with Gasteiger partial charge in [-0.05, 0) is 30.3 Å². The topological polar surface area (TPSA) is 62.1 Å². The van der Waals surface area contributed by atoms with Crippen LogP contribution in [0.25, 0.3) is 0 Å². The van der Waals surface area contributed by atoms with Crippen LogP contribution in [0.15, 0.2) is 48.5 Å². The smallest absolute Gasteiger partial charge is 0.227 e. The van der Waals surface area contributed by atoms with Gasteiger partial charge in [-0.1, -0.05) is 29.8 Å². The number of carbonyl (C=O) groups is 1. The van der Waals surface area contributed by atoms with Crippen LogP contribution in [0, 0.1) is 11.3 Å². The highest BCUT2D eigenvalue weighted by Gasteiger charge is 2.07. The summed E-state index contributed by atoms with van der Waals surface area (Å²) in [7, 11) is 0. The number of anilines is 1. The molecule has 0 unspecified atom stereocenters. The predicted octanol–water partition coefficient (Wildman–Crippen LogP) is 3.62. The van der Waals surface area contributed by atoms with E-state index in [1.165, 1.54) is 6.07 Å². The number of ether oxygens (including phenoxy) is 1. The summed E-state index contributed by atoms with van der Waals surface area (Å²) >= 11 is 5.99. The molecule has 0 bridgehead atoms. The zero-order valence-electron chi connectivity index (χ0n) is 11.2. The Morgan fingerprint density at radius 2 is 2.00 bits per heavy atom. The van der Waals surface area contributed by atoms with Gasteiger partial charge in [0.15, 0.2) is 0 Å². The molecule has 0 aliphatic heterocycles. The molecule has 0 aliphatic carbocycles. The standard InChI is InChI=1S/C16H13ClN2O2/c17-14-10-12(11-18)6-7-15(14)19-16(20)8-9-21-13-4-2-1-3-5-13/h1-7,10H,8-9H2,(H,19,20). The predicted molar refractivity (Wildman–Crippen MR) is 81.4 cm³/mol. The zero-order valence-corrected chi connectivity index (χ0v) is 11.9. The molecule has 106 valence electrons. The summed E-state index contributed by atoms with van der Waals surface area (Å²) in [5.74, 6) is 0.527. The Labute approximate surface area is 127 Å². The van der Waals surface area contributed by atoms with E-state index in [0.717, 1.165) is 5.75 Å². The summed E-state index contributed by atoms with van der Waals surface area (Å²) in [5.41, 5.74) is 0.936. The Bertz CT molecular complexity index is 666. The SMILES string of the molecule is N#Cc1ccc(NC(=O)CCOc2ccccc2)c(Cl)c1. The van der Waals surface area contributed by atoms with Crippen LogP contribution in [0.1, 0.15) is 12.0 Å². The second-order valence-corrected chi connectivity index (χ2v) is 4.67. The normalized spacial score (nSPS) is 9.71. The Balaban J connectivity index is 1.83. The minimum Gasteiger partial charge on any atom is -0.493 e. The summed E-state index contributed by atoms with van der Waals surface area (Å²) in [5, 5.41) is 11.8. The monoisotopic (exact) mass is 300 g/mol. The molecule has 2 rings (SSSR count). The molecule has 21 heavy (non-hydrogen) atoms.